The quantitative estimate of drug-likeness (QED) is 0.736. The summed E-state index contributed by atoms with van der Waals surface area (Å²) >= 11 is 3.41. The molecule has 0 spiro atoms. The molecule has 0 saturated heterocycles. The first-order valence-electron chi connectivity index (χ1n) is 7.19. The summed E-state index contributed by atoms with van der Waals surface area (Å²) in [7, 11) is 0. The molecule has 6 nitrogen and oxygen atoms in total. The Morgan fingerprint density at radius 3 is 3.09 bits per heavy atom. The van der Waals surface area contributed by atoms with Gasteiger partial charge in [-0.2, -0.15) is 5.10 Å². The number of nitrogens with zero attached hydrogens (tertiary/aromatic N) is 1. The highest BCUT2D eigenvalue weighted by molar-refractivity contribution is 9.10. The Morgan fingerprint density at radius 1 is 1.48 bits per heavy atom. The summed E-state index contributed by atoms with van der Waals surface area (Å²) in [4.78, 5) is 12.5. The summed E-state index contributed by atoms with van der Waals surface area (Å²) in [6.45, 7) is 4.00. The number of anilines is 1. The minimum Gasteiger partial charge on any atom is -0.492 e. The summed E-state index contributed by atoms with van der Waals surface area (Å²) in [5.41, 5.74) is 3.03. The highest BCUT2D eigenvalue weighted by atomic mass is 79.9. The van der Waals surface area contributed by atoms with Crippen LogP contribution in [0.1, 0.15) is 28.7 Å². The molecule has 124 valence electrons. The predicted molar refractivity (Wildman–Crippen MR) is 94.5 cm³/mol. The van der Waals surface area contributed by atoms with E-state index in [9.17, 15) is 4.79 Å². The molecule has 0 unspecified atom stereocenters. The summed E-state index contributed by atoms with van der Waals surface area (Å²) in [5.74, 6) is 0.404. The number of benzene rings is 1. The van der Waals surface area contributed by atoms with E-state index in [-0.39, 0.29) is 18.3 Å². The van der Waals surface area contributed by atoms with E-state index in [1.165, 1.54) is 0 Å². The SMILES string of the molecule is CCOc1ccc(Br)cc1NC(=O)c1n[nH]c2c1CNCC2.Cl. The molecule has 0 aliphatic carbocycles. The smallest absolute Gasteiger partial charge is 0.276 e. The molecular weight excluding hydrogens is 384 g/mol. The van der Waals surface area contributed by atoms with Gasteiger partial charge in [0.15, 0.2) is 5.69 Å². The highest BCUT2D eigenvalue weighted by Gasteiger charge is 2.22. The molecule has 0 fully saturated rings. The Kier molecular flexibility index (Phi) is 6.04. The number of nitrogens with one attached hydrogen (secondary N) is 3. The molecule has 2 heterocycles. The standard InChI is InChI=1S/C15H17BrN4O2.ClH/c1-2-22-13-4-3-9(16)7-12(13)18-15(21)14-10-8-17-6-5-11(10)19-20-14;/h3-4,7,17H,2,5-6,8H2,1H3,(H,18,21)(H,19,20);1H. The van der Waals surface area contributed by atoms with Crippen LogP contribution in [0.2, 0.25) is 0 Å². The van der Waals surface area contributed by atoms with Crippen molar-refractivity contribution in [2.45, 2.75) is 19.9 Å². The van der Waals surface area contributed by atoms with Crippen molar-refractivity contribution < 1.29 is 9.53 Å². The van der Waals surface area contributed by atoms with Crippen LogP contribution in [-0.2, 0) is 13.0 Å². The lowest BCUT2D eigenvalue weighted by Gasteiger charge is -2.14. The lowest BCUT2D eigenvalue weighted by molar-refractivity contribution is 0.102. The maximum Gasteiger partial charge on any atom is 0.276 e. The van der Waals surface area contributed by atoms with Gasteiger partial charge in [0.05, 0.1) is 12.3 Å². The van der Waals surface area contributed by atoms with Gasteiger partial charge in [-0.3, -0.25) is 9.89 Å². The van der Waals surface area contributed by atoms with Crippen molar-refractivity contribution in [1.29, 1.82) is 0 Å². The van der Waals surface area contributed by atoms with Gasteiger partial charge in [0.25, 0.3) is 5.91 Å². The summed E-state index contributed by atoms with van der Waals surface area (Å²) in [6.07, 6.45) is 0.858. The molecule has 0 saturated carbocycles. The van der Waals surface area contributed by atoms with Crippen LogP contribution in [0.3, 0.4) is 0 Å². The maximum atomic E-state index is 12.5. The normalized spacial score (nSPS) is 13.0. The van der Waals surface area contributed by atoms with Crippen molar-refractivity contribution in [3.63, 3.8) is 0 Å². The third kappa shape index (κ3) is 3.85. The molecule has 0 atom stereocenters. The number of carbonyl (C=O) groups excluding carboxylic acids is 1. The minimum atomic E-state index is -0.236. The van der Waals surface area contributed by atoms with Gasteiger partial charge in [-0.1, -0.05) is 15.9 Å². The topological polar surface area (TPSA) is 79.0 Å². The van der Waals surface area contributed by atoms with E-state index in [0.717, 1.165) is 28.7 Å². The summed E-state index contributed by atoms with van der Waals surface area (Å²) < 4.78 is 6.42. The number of amides is 1. The Bertz CT molecular complexity index is 705. The zero-order valence-electron chi connectivity index (χ0n) is 12.6. The van der Waals surface area contributed by atoms with Crippen molar-refractivity contribution in [2.24, 2.45) is 0 Å². The van der Waals surface area contributed by atoms with E-state index in [4.69, 9.17) is 4.74 Å². The largest absolute Gasteiger partial charge is 0.492 e. The summed E-state index contributed by atoms with van der Waals surface area (Å²) in [6, 6.07) is 5.52. The first kappa shape index (κ1) is 17.8. The van der Waals surface area contributed by atoms with Gasteiger partial charge in [0.2, 0.25) is 0 Å². The van der Waals surface area contributed by atoms with Crippen LogP contribution < -0.4 is 15.4 Å². The molecule has 1 aliphatic heterocycles. The number of hydrogen-bond acceptors (Lipinski definition) is 4. The zero-order chi connectivity index (χ0) is 15.5. The van der Waals surface area contributed by atoms with Crippen LogP contribution in [0.4, 0.5) is 5.69 Å². The van der Waals surface area contributed by atoms with E-state index in [0.29, 0.717) is 30.3 Å². The van der Waals surface area contributed by atoms with E-state index < -0.39 is 0 Å². The fourth-order valence-electron chi connectivity index (χ4n) is 2.48. The number of fused-ring (bicyclic) bond motifs is 1. The second kappa shape index (κ2) is 7.81. The number of aromatic nitrogens is 2. The average Bonchev–Trinajstić information content (AvgIpc) is 2.94. The number of hydrogen-bond donors (Lipinski definition) is 3. The summed E-state index contributed by atoms with van der Waals surface area (Å²) in [5, 5.41) is 13.3. The lowest BCUT2D eigenvalue weighted by Crippen LogP contribution is -2.25. The minimum absolute atomic E-state index is 0. The van der Waals surface area contributed by atoms with Crippen molar-refractivity contribution in [2.75, 3.05) is 18.5 Å². The molecule has 1 aliphatic rings. The lowest BCUT2D eigenvalue weighted by atomic mass is 10.1. The van der Waals surface area contributed by atoms with Crippen molar-refractivity contribution in [3.8, 4) is 5.75 Å². The molecule has 0 radical (unpaired) electrons. The van der Waals surface area contributed by atoms with Crippen molar-refractivity contribution in [3.05, 3.63) is 39.6 Å². The number of halogens is 2. The van der Waals surface area contributed by atoms with Gasteiger partial charge in [-0.25, -0.2) is 0 Å². The van der Waals surface area contributed by atoms with E-state index in [1.54, 1.807) is 0 Å². The van der Waals surface area contributed by atoms with Gasteiger partial charge in [0.1, 0.15) is 5.75 Å². The molecule has 1 amide bonds. The monoisotopic (exact) mass is 400 g/mol. The number of carbonyl (C=O) groups is 1. The molecule has 2 aromatic rings. The fraction of sp³-hybridized carbons (Fsp3) is 0.333. The first-order chi connectivity index (χ1) is 10.7. The van der Waals surface area contributed by atoms with Gasteiger partial charge in [-0.05, 0) is 25.1 Å². The van der Waals surface area contributed by atoms with Gasteiger partial charge in [0, 0.05) is 35.2 Å². The van der Waals surface area contributed by atoms with Crippen LogP contribution in [0.25, 0.3) is 0 Å². The zero-order valence-corrected chi connectivity index (χ0v) is 15.0. The molecule has 0 bridgehead atoms. The number of aromatic amines is 1. The second-order valence-electron chi connectivity index (χ2n) is 4.98. The third-order valence-corrected chi connectivity index (χ3v) is 4.00. The average molecular weight is 402 g/mol. The number of ether oxygens (including phenoxy) is 1. The Morgan fingerprint density at radius 2 is 2.30 bits per heavy atom. The van der Waals surface area contributed by atoms with Crippen LogP contribution in [-0.4, -0.2) is 29.3 Å². The molecule has 1 aromatic carbocycles. The van der Waals surface area contributed by atoms with E-state index in [2.05, 4.69) is 36.8 Å². The highest BCUT2D eigenvalue weighted by Crippen LogP contribution is 2.29. The fourth-order valence-corrected chi connectivity index (χ4v) is 2.84. The number of H-pyrrole nitrogens is 1. The second-order valence-corrected chi connectivity index (χ2v) is 5.90. The Labute approximate surface area is 148 Å². The van der Waals surface area contributed by atoms with E-state index in [1.807, 2.05) is 25.1 Å². The van der Waals surface area contributed by atoms with Gasteiger partial charge >= 0.3 is 0 Å². The molecule has 3 rings (SSSR count). The van der Waals surface area contributed by atoms with Gasteiger partial charge < -0.3 is 15.4 Å². The maximum absolute atomic E-state index is 12.5. The Hall–Kier alpha value is -1.57. The van der Waals surface area contributed by atoms with Crippen LogP contribution in [0, 0.1) is 0 Å². The molecular formula is C15H18BrClN4O2. The van der Waals surface area contributed by atoms with Crippen LogP contribution in [0.15, 0.2) is 22.7 Å². The van der Waals surface area contributed by atoms with Gasteiger partial charge in [-0.15, -0.1) is 12.4 Å². The van der Waals surface area contributed by atoms with Crippen molar-refractivity contribution in [1.82, 2.24) is 15.5 Å². The van der Waals surface area contributed by atoms with E-state index >= 15 is 0 Å². The molecule has 1 aromatic heterocycles. The molecule has 23 heavy (non-hydrogen) atoms. The molecule has 3 N–H and O–H groups in total. The van der Waals surface area contributed by atoms with Crippen molar-refractivity contribution >= 4 is 39.9 Å². The predicted octanol–water partition coefficient (Wildman–Crippen LogP) is 2.89. The van der Waals surface area contributed by atoms with Crippen LogP contribution in [0.5, 0.6) is 5.75 Å². The van der Waals surface area contributed by atoms with Crippen LogP contribution >= 0.6 is 28.3 Å². The molecule has 8 heteroatoms. The Balaban J connectivity index is 0.00000192. The third-order valence-electron chi connectivity index (χ3n) is 3.51. The number of rotatable bonds is 4. The first-order valence-corrected chi connectivity index (χ1v) is 7.99.